The van der Waals surface area contributed by atoms with Gasteiger partial charge < -0.3 is 49.8 Å². The zero-order valence-electron chi connectivity index (χ0n) is 30.7. The van der Waals surface area contributed by atoms with E-state index in [2.05, 4.69) is 5.32 Å². The Morgan fingerprint density at radius 1 is 0.941 bits per heavy atom. The second kappa shape index (κ2) is 16.4. The molecule has 3 heterocycles. The molecule has 5 rings (SSSR count). The summed E-state index contributed by atoms with van der Waals surface area (Å²) in [6, 6.07) is 1.06. The van der Waals surface area contributed by atoms with E-state index in [0.29, 0.717) is 0 Å². The molecule has 5 bridgehead atoms. The van der Waals surface area contributed by atoms with E-state index in [4.69, 9.17) is 18.9 Å². The summed E-state index contributed by atoms with van der Waals surface area (Å²) in [6.45, 7) is 12.5. The zero-order valence-corrected chi connectivity index (χ0v) is 32.7. The molecular weight excluding hydrogens is 673 g/mol. The van der Waals surface area contributed by atoms with E-state index in [1.165, 1.54) is 53.2 Å². The summed E-state index contributed by atoms with van der Waals surface area (Å²) < 4.78 is 23.2. The number of nitrogens with one attached hydrogen (secondary N) is 1. The van der Waals surface area contributed by atoms with Crippen LogP contribution in [0.5, 0.6) is 23.0 Å². The number of methoxy groups -OCH3 is 1. The van der Waals surface area contributed by atoms with Crippen LogP contribution in [-0.4, -0.2) is 110 Å². The van der Waals surface area contributed by atoms with Crippen LogP contribution in [0.4, 0.5) is 5.69 Å². The van der Waals surface area contributed by atoms with E-state index >= 15 is 0 Å². The number of amides is 1. The number of anilines is 1. The number of rotatable bonds is 2. The number of ketones is 1. The molecule has 51 heavy (non-hydrogen) atoms. The second-order valence-corrected chi connectivity index (χ2v) is 13.4. The number of allylic oxidation sites excluding steroid dienone is 2. The Bertz CT molecular complexity index is 1770. The van der Waals surface area contributed by atoms with Crippen LogP contribution in [0, 0.1) is 30.6 Å². The van der Waals surface area contributed by atoms with Crippen molar-refractivity contribution in [3.8, 4) is 23.0 Å². The summed E-state index contributed by atoms with van der Waals surface area (Å²) in [5, 5.41) is 58.2. The molecule has 6 N–H and O–H groups in total. The third-order valence-corrected chi connectivity index (χ3v) is 9.84. The number of phenolic OH excluding ortho intramolecular Hbond substituents is 3. The summed E-state index contributed by atoms with van der Waals surface area (Å²) >= 11 is 0. The van der Waals surface area contributed by atoms with Gasteiger partial charge in [0.1, 0.15) is 23.4 Å². The van der Waals surface area contributed by atoms with Gasteiger partial charge in [0.05, 0.1) is 41.2 Å². The molecule has 0 fully saturated rings. The standard InChI is InChI=1S/C37H47NO12.Na/c1-16-11-10-12-17(2)36(46)38-23-15-24(40)26-27(32(23)44)31(43)21(6)34-28(26)35(45)37(8,50-34)48-14-13-25(47-9)18(3)33(49-22(7)39)20(5)30(42)19(4)29(16)41;/h10-16,18-20,25,29-30,33,40-44H,1-9H3,(H,38,46);/t16?,18?,19?,20?,25?,29?,30?,33-,37+;/m1./s1. The number of carbonyl (C=O) groups excluding carboxylic acids is 3. The largest absolute Gasteiger partial charge is 0.507 e. The first kappa shape index (κ1) is 41.8. The maximum Gasteiger partial charge on any atom is 0.312 e. The van der Waals surface area contributed by atoms with Crippen LogP contribution in [0.15, 0.2) is 42.2 Å². The third kappa shape index (κ3) is 8.08. The van der Waals surface area contributed by atoms with E-state index in [1.807, 2.05) is 0 Å². The molecular formula is C37H47NNaO12. The van der Waals surface area contributed by atoms with Gasteiger partial charge in [0.15, 0.2) is 5.75 Å². The molecule has 1 amide bonds. The minimum Gasteiger partial charge on any atom is -0.507 e. The number of ether oxygens (including phenoxy) is 4. The maximum atomic E-state index is 13.9. The quantitative estimate of drug-likeness (QED) is 0.111. The molecule has 1 radical (unpaired) electrons. The van der Waals surface area contributed by atoms with Gasteiger partial charge in [-0.2, -0.15) is 0 Å². The summed E-state index contributed by atoms with van der Waals surface area (Å²) in [7, 11) is 1.43. The average molecular weight is 721 g/mol. The molecule has 273 valence electrons. The molecule has 0 saturated heterocycles. The molecule has 7 unspecified atom stereocenters. The molecule has 3 aliphatic heterocycles. The smallest absolute Gasteiger partial charge is 0.312 e. The van der Waals surface area contributed by atoms with Crippen LogP contribution in [0.3, 0.4) is 0 Å². The van der Waals surface area contributed by atoms with Crippen molar-refractivity contribution in [2.45, 2.75) is 85.6 Å². The number of Topliss-reactive ketones (excluding diaryl/α,β-unsaturated/α-hetero) is 1. The number of fused-ring (bicyclic) bond motifs is 14. The predicted octanol–water partition coefficient (Wildman–Crippen LogP) is 4.37. The second-order valence-electron chi connectivity index (χ2n) is 13.4. The minimum absolute atomic E-state index is 0. The van der Waals surface area contributed by atoms with Crippen LogP contribution in [0.1, 0.15) is 64.4 Å². The average Bonchev–Trinajstić information content (AvgIpc) is 3.33. The van der Waals surface area contributed by atoms with Crippen LogP contribution >= 0.6 is 0 Å². The molecule has 0 saturated carbocycles. The molecule has 2 aromatic rings. The molecule has 13 nitrogen and oxygen atoms in total. The fourth-order valence-corrected chi connectivity index (χ4v) is 6.65. The molecule has 2 aromatic carbocycles. The van der Waals surface area contributed by atoms with Crippen molar-refractivity contribution in [3.05, 3.63) is 53.3 Å². The van der Waals surface area contributed by atoms with E-state index < -0.39 is 88.8 Å². The Balaban J connectivity index is 0.00000702. The maximum absolute atomic E-state index is 13.9. The number of aliphatic hydroxyl groups excluding tert-OH is 2. The fourth-order valence-electron chi connectivity index (χ4n) is 6.65. The van der Waals surface area contributed by atoms with Crippen molar-refractivity contribution >= 4 is 63.7 Å². The first-order chi connectivity index (χ1) is 23.4. The molecule has 3 aliphatic rings. The Morgan fingerprint density at radius 2 is 1.59 bits per heavy atom. The molecule has 9 atom stereocenters. The normalized spacial score (nSPS) is 30.3. The molecule has 0 aliphatic carbocycles. The van der Waals surface area contributed by atoms with Crippen molar-refractivity contribution in [2.24, 2.45) is 23.7 Å². The SMILES string of the molecule is COC1C=CO[C@@]2(C)Oc3c(C)c(O)c4c(O)c(cc(O)c4c3C2=O)NC(=O)C(C)=CC=CC(C)C(O)C(C)C(O)C(C)[C@H](OC(C)=O)C1C.[Na]. The van der Waals surface area contributed by atoms with E-state index in [1.54, 1.807) is 39.8 Å². The van der Waals surface area contributed by atoms with Crippen molar-refractivity contribution in [1.29, 1.82) is 0 Å². The Labute approximate surface area is 319 Å². The van der Waals surface area contributed by atoms with Crippen molar-refractivity contribution in [3.63, 3.8) is 0 Å². The number of benzene rings is 2. The summed E-state index contributed by atoms with van der Waals surface area (Å²) in [5.74, 6) is -7.99. The number of phenols is 3. The first-order valence-electron chi connectivity index (χ1n) is 16.4. The number of aromatic hydroxyl groups is 3. The summed E-state index contributed by atoms with van der Waals surface area (Å²) in [4.78, 5) is 39.2. The predicted molar refractivity (Wildman–Crippen MR) is 190 cm³/mol. The van der Waals surface area contributed by atoms with Crippen LogP contribution in [0.25, 0.3) is 10.8 Å². The van der Waals surface area contributed by atoms with Gasteiger partial charge in [0, 0.05) is 96.8 Å². The molecule has 0 aromatic heterocycles. The number of aliphatic hydroxyl groups is 2. The Morgan fingerprint density at radius 3 is 2.20 bits per heavy atom. The number of esters is 1. The summed E-state index contributed by atoms with van der Waals surface area (Å²) in [5.41, 5.74) is -0.0929. The van der Waals surface area contributed by atoms with Gasteiger partial charge in [0.25, 0.3) is 11.7 Å². The van der Waals surface area contributed by atoms with Gasteiger partial charge in [0.2, 0.25) is 0 Å². The van der Waals surface area contributed by atoms with Crippen LogP contribution < -0.4 is 10.1 Å². The van der Waals surface area contributed by atoms with Gasteiger partial charge in [-0.25, -0.2) is 0 Å². The Hall–Kier alpha value is -3.59. The van der Waals surface area contributed by atoms with E-state index in [-0.39, 0.29) is 68.5 Å². The topological polar surface area (TPSA) is 201 Å². The van der Waals surface area contributed by atoms with Crippen LogP contribution in [0.2, 0.25) is 0 Å². The van der Waals surface area contributed by atoms with Gasteiger partial charge in [-0.05, 0) is 19.9 Å². The first-order valence-corrected chi connectivity index (χ1v) is 16.4. The number of carbonyl (C=O) groups is 3. The zero-order chi connectivity index (χ0) is 37.4. The van der Waals surface area contributed by atoms with Crippen molar-refractivity contribution in [2.75, 3.05) is 12.4 Å². The summed E-state index contributed by atoms with van der Waals surface area (Å²) in [6.07, 6.45) is 3.62. The number of hydrogen-bond acceptors (Lipinski definition) is 12. The van der Waals surface area contributed by atoms with Crippen LogP contribution in [-0.2, 0) is 23.8 Å². The third-order valence-electron chi connectivity index (χ3n) is 9.84. The van der Waals surface area contributed by atoms with E-state index in [9.17, 15) is 39.9 Å². The van der Waals surface area contributed by atoms with Gasteiger partial charge >= 0.3 is 11.8 Å². The van der Waals surface area contributed by atoms with Gasteiger partial charge in [-0.1, -0.05) is 45.9 Å². The number of hydrogen-bond donors (Lipinski definition) is 6. The monoisotopic (exact) mass is 720 g/mol. The fraction of sp³-hybridized carbons (Fsp3) is 0.486. The molecule has 0 spiro atoms. The Kier molecular flexibility index (Phi) is 13.4. The van der Waals surface area contributed by atoms with Gasteiger partial charge in [-0.3, -0.25) is 14.4 Å². The molecule has 14 heteroatoms. The van der Waals surface area contributed by atoms with E-state index in [0.717, 1.165) is 6.07 Å². The minimum atomic E-state index is -1.98. The van der Waals surface area contributed by atoms with Crippen molar-refractivity contribution < 1.29 is 58.9 Å². The van der Waals surface area contributed by atoms with Gasteiger partial charge in [-0.15, -0.1) is 0 Å². The van der Waals surface area contributed by atoms with Crippen molar-refractivity contribution in [1.82, 2.24) is 0 Å².